The molecule has 114 valence electrons. The van der Waals surface area contributed by atoms with Gasteiger partial charge in [-0.05, 0) is 25.1 Å². The van der Waals surface area contributed by atoms with Gasteiger partial charge in [0.25, 0.3) is 0 Å². The molecule has 0 amide bonds. The summed E-state index contributed by atoms with van der Waals surface area (Å²) in [4.78, 5) is 33.6. The van der Waals surface area contributed by atoms with Crippen molar-refractivity contribution in [3.63, 3.8) is 0 Å². The van der Waals surface area contributed by atoms with Crippen LogP contribution < -0.4 is 0 Å². The lowest BCUT2D eigenvalue weighted by Gasteiger charge is -2.11. The summed E-state index contributed by atoms with van der Waals surface area (Å²) < 4.78 is 10.5. The highest BCUT2D eigenvalue weighted by molar-refractivity contribution is 9.10. The van der Waals surface area contributed by atoms with E-state index in [4.69, 9.17) is 9.15 Å². The molecule has 1 atom stereocenters. The van der Waals surface area contributed by atoms with E-state index in [1.165, 1.54) is 6.92 Å². The number of carbonyl (C=O) groups excluding carboxylic acids is 2. The standard InChI is InChI=1S/C14H10BrNO6/c1-8(13(17)9-2-4-10(15)5-3-9)21-14(18)11-6-7-12(22-11)16(19)20/h2-8H,1H3/t8-/m1/s1. The van der Waals surface area contributed by atoms with Crippen LogP contribution in [0.2, 0.25) is 0 Å². The first-order chi connectivity index (χ1) is 10.4. The number of carbonyl (C=O) groups is 2. The van der Waals surface area contributed by atoms with Gasteiger partial charge in [0.05, 0.1) is 6.07 Å². The van der Waals surface area contributed by atoms with Crippen molar-refractivity contribution in [2.75, 3.05) is 0 Å². The Labute approximate surface area is 133 Å². The van der Waals surface area contributed by atoms with Gasteiger partial charge in [-0.3, -0.25) is 14.9 Å². The Morgan fingerprint density at radius 3 is 2.41 bits per heavy atom. The maximum Gasteiger partial charge on any atom is 0.433 e. The first-order valence-corrected chi connectivity index (χ1v) is 6.93. The summed E-state index contributed by atoms with van der Waals surface area (Å²) in [6.45, 7) is 1.42. The number of Topliss-reactive ketones (excluding diaryl/α,β-unsaturated/α-hetero) is 1. The summed E-state index contributed by atoms with van der Waals surface area (Å²) in [7, 11) is 0. The van der Waals surface area contributed by atoms with E-state index < -0.39 is 22.9 Å². The zero-order valence-corrected chi connectivity index (χ0v) is 12.9. The number of ether oxygens (including phenoxy) is 1. The maximum absolute atomic E-state index is 12.1. The average molecular weight is 368 g/mol. The van der Waals surface area contributed by atoms with Gasteiger partial charge in [0.2, 0.25) is 11.5 Å². The Morgan fingerprint density at radius 1 is 1.23 bits per heavy atom. The number of nitrogens with zero attached hydrogens (tertiary/aromatic N) is 1. The number of halogens is 1. The fourth-order valence-corrected chi connectivity index (χ4v) is 1.92. The van der Waals surface area contributed by atoms with Crippen LogP contribution in [0.4, 0.5) is 5.88 Å². The van der Waals surface area contributed by atoms with Crippen LogP contribution in [-0.2, 0) is 4.74 Å². The minimum Gasteiger partial charge on any atom is -0.448 e. The van der Waals surface area contributed by atoms with Crippen molar-refractivity contribution >= 4 is 33.6 Å². The molecule has 1 aromatic carbocycles. The van der Waals surface area contributed by atoms with Gasteiger partial charge in [0.15, 0.2) is 6.10 Å². The van der Waals surface area contributed by atoms with Gasteiger partial charge in [0.1, 0.15) is 4.92 Å². The van der Waals surface area contributed by atoms with E-state index in [0.29, 0.717) is 5.56 Å². The molecule has 2 aromatic rings. The van der Waals surface area contributed by atoms with E-state index in [-0.39, 0.29) is 11.5 Å². The average Bonchev–Trinajstić information content (AvgIpc) is 2.97. The van der Waals surface area contributed by atoms with E-state index in [0.717, 1.165) is 16.6 Å². The summed E-state index contributed by atoms with van der Waals surface area (Å²) in [5, 5.41) is 10.5. The second kappa shape index (κ2) is 6.52. The van der Waals surface area contributed by atoms with Crippen molar-refractivity contribution in [1.82, 2.24) is 0 Å². The van der Waals surface area contributed by atoms with Crippen LogP contribution in [0.3, 0.4) is 0 Å². The minimum atomic E-state index is -1.04. The molecule has 0 spiro atoms. The zero-order chi connectivity index (χ0) is 16.3. The molecule has 2 rings (SSSR count). The Balaban J connectivity index is 2.05. The number of esters is 1. The molecule has 0 radical (unpaired) electrons. The lowest BCUT2D eigenvalue weighted by molar-refractivity contribution is -0.402. The monoisotopic (exact) mass is 367 g/mol. The largest absolute Gasteiger partial charge is 0.448 e. The van der Waals surface area contributed by atoms with E-state index in [1.54, 1.807) is 24.3 Å². The lowest BCUT2D eigenvalue weighted by Crippen LogP contribution is -2.24. The fourth-order valence-electron chi connectivity index (χ4n) is 1.66. The molecule has 0 aliphatic carbocycles. The minimum absolute atomic E-state index is 0.331. The second-order valence-corrected chi connectivity index (χ2v) is 5.23. The first-order valence-electron chi connectivity index (χ1n) is 6.13. The third kappa shape index (κ3) is 3.59. The summed E-state index contributed by atoms with van der Waals surface area (Å²) in [6, 6.07) is 8.73. The molecule has 7 nitrogen and oxygen atoms in total. The second-order valence-electron chi connectivity index (χ2n) is 4.31. The van der Waals surface area contributed by atoms with Crippen molar-refractivity contribution in [3.05, 3.63) is 62.3 Å². The molecule has 0 saturated heterocycles. The van der Waals surface area contributed by atoms with Crippen molar-refractivity contribution in [2.45, 2.75) is 13.0 Å². The number of furan rings is 1. The smallest absolute Gasteiger partial charge is 0.433 e. The number of ketones is 1. The Kier molecular flexibility index (Phi) is 4.71. The summed E-state index contributed by atoms with van der Waals surface area (Å²) in [5.41, 5.74) is 0.383. The van der Waals surface area contributed by atoms with Gasteiger partial charge in [0, 0.05) is 10.0 Å². The highest BCUT2D eigenvalue weighted by atomic mass is 79.9. The third-order valence-electron chi connectivity index (χ3n) is 2.75. The normalized spacial score (nSPS) is 11.7. The summed E-state index contributed by atoms with van der Waals surface area (Å²) in [6.07, 6.45) is -1.04. The molecule has 0 bridgehead atoms. The Bertz CT molecular complexity index is 721. The highest BCUT2D eigenvalue weighted by Gasteiger charge is 2.24. The summed E-state index contributed by atoms with van der Waals surface area (Å²) in [5.74, 6) is -2.23. The van der Waals surface area contributed by atoms with Crippen LogP contribution in [0.5, 0.6) is 0 Å². The van der Waals surface area contributed by atoms with Gasteiger partial charge in [-0.25, -0.2) is 4.79 Å². The van der Waals surface area contributed by atoms with Gasteiger partial charge >= 0.3 is 11.9 Å². The number of rotatable bonds is 5. The maximum atomic E-state index is 12.1. The molecule has 0 aliphatic heterocycles. The zero-order valence-electron chi connectivity index (χ0n) is 11.3. The van der Waals surface area contributed by atoms with Gasteiger partial charge in [-0.2, -0.15) is 0 Å². The Hall–Kier alpha value is -2.48. The molecular weight excluding hydrogens is 358 g/mol. The summed E-state index contributed by atoms with van der Waals surface area (Å²) >= 11 is 3.25. The lowest BCUT2D eigenvalue weighted by atomic mass is 10.1. The molecule has 0 aliphatic rings. The molecule has 1 aromatic heterocycles. The van der Waals surface area contributed by atoms with Crippen molar-refractivity contribution in [1.29, 1.82) is 0 Å². The first kappa shape index (κ1) is 15.9. The molecule has 0 N–H and O–H groups in total. The number of nitro groups is 1. The van der Waals surface area contributed by atoms with Gasteiger partial charge in [-0.15, -0.1) is 0 Å². The van der Waals surface area contributed by atoms with Crippen molar-refractivity contribution in [2.24, 2.45) is 0 Å². The number of hydrogen-bond donors (Lipinski definition) is 0. The van der Waals surface area contributed by atoms with Gasteiger partial charge in [-0.1, -0.05) is 28.1 Å². The van der Waals surface area contributed by atoms with E-state index in [9.17, 15) is 19.7 Å². The van der Waals surface area contributed by atoms with E-state index in [2.05, 4.69) is 15.9 Å². The molecule has 0 fully saturated rings. The highest BCUT2D eigenvalue weighted by Crippen LogP contribution is 2.18. The van der Waals surface area contributed by atoms with Crippen molar-refractivity contribution in [3.8, 4) is 0 Å². The predicted molar refractivity (Wildman–Crippen MR) is 78.7 cm³/mol. The molecule has 0 unspecified atom stereocenters. The Morgan fingerprint density at radius 2 is 1.86 bits per heavy atom. The van der Waals surface area contributed by atoms with Crippen LogP contribution in [0.15, 0.2) is 45.3 Å². The molecule has 22 heavy (non-hydrogen) atoms. The fraction of sp³-hybridized carbons (Fsp3) is 0.143. The van der Waals surface area contributed by atoms with Crippen LogP contribution >= 0.6 is 15.9 Å². The molecule has 0 saturated carbocycles. The topological polar surface area (TPSA) is 99.7 Å². The van der Waals surface area contributed by atoms with Crippen LogP contribution in [0, 0.1) is 10.1 Å². The SMILES string of the molecule is C[C@@H](OC(=O)c1ccc([N+](=O)[O-])o1)C(=O)c1ccc(Br)cc1. The van der Waals surface area contributed by atoms with E-state index >= 15 is 0 Å². The van der Waals surface area contributed by atoms with Crippen LogP contribution in [-0.4, -0.2) is 22.8 Å². The van der Waals surface area contributed by atoms with Crippen LogP contribution in [0.1, 0.15) is 27.8 Å². The third-order valence-corrected chi connectivity index (χ3v) is 3.28. The van der Waals surface area contributed by atoms with E-state index in [1.807, 2.05) is 0 Å². The predicted octanol–water partition coefficient (Wildman–Crippen LogP) is 3.38. The van der Waals surface area contributed by atoms with Crippen molar-refractivity contribution < 1.29 is 23.7 Å². The number of hydrogen-bond acceptors (Lipinski definition) is 6. The molecule has 1 heterocycles. The molecule has 8 heteroatoms. The number of benzene rings is 1. The van der Waals surface area contributed by atoms with Crippen LogP contribution in [0.25, 0.3) is 0 Å². The molecular formula is C14H10BrNO6. The van der Waals surface area contributed by atoms with Gasteiger partial charge < -0.3 is 9.15 Å². The quantitative estimate of drug-likeness (QED) is 0.347.